The lowest BCUT2D eigenvalue weighted by molar-refractivity contribution is -0.121. The Morgan fingerprint density at radius 2 is 1.72 bits per heavy atom. The summed E-state index contributed by atoms with van der Waals surface area (Å²) in [6, 6.07) is 18.8. The van der Waals surface area contributed by atoms with Gasteiger partial charge in [-0.15, -0.1) is 0 Å². The topological polar surface area (TPSA) is 66.5 Å². The Hall–Kier alpha value is -2.48. The Morgan fingerprint density at radius 3 is 2.41 bits per heavy atom. The van der Waals surface area contributed by atoms with Crippen LogP contribution in [0.25, 0.3) is 11.1 Å². The highest BCUT2D eigenvalue weighted by Gasteiger charge is 2.32. The summed E-state index contributed by atoms with van der Waals surface area (Å²) in [6.45, 7) is 0.703. The number of nitrogens with zero attached hydrogens (tertiary/aromatic N) is 1. The SMILES string of the molecule is O=C(Nc1cccc(-c2ccsc2)c1)C(c1ccccc1)N1CCS(=O)(=O)CC1. The van der Waals surface area contributed by atoms with Crippen LogP contribution in [-0.4, -0.2) is 43.8 Å². The smallest absolute Gasteiger partial charge is 0.246 e. The summed E-state index contributed by atoms with van der Waals surface area (Å²) in [7, 11) is -3.02. The number of benzene rings is 2. The van der Waals surface area contributed by atoms with E-state index < -0.39 is 15.9 Å². The van der Waals surface area contributed by atoms with Crippen LogP contribution in [0.4, 0.5) is 5.69 Å². The molecule has 0 saturated carbocycles. The number of hydrogen-bond donors (Lipinski definition) is 1. The van der Waals surface area contributed by atoms with Gasteiger partial charge in [0, 0.05) is 18.8 Å². The van der Waals surface area contributed by atoms with Crippen molar-refractivity contribution in [3.63, 3.8) is 0 Å². The molecule has 4 rings (SSSR count). The highest BCUT2D eigenvalue weighted by atomic mass is 32.2. The first-order valence-corrected chi connectivity index (χ1v) is 12.2. The normalized spacial score (nSPS) is 17.5. The van der Waals surface area contributed by atoms with E-state index in [1.807, 2.05) is 70.9 Å². The van der Waals surface area contributed by atoms with E-state index in [1.165, 1.54) is 0 Å². The van der Waals surface area contributed by atoms with E-state index >= 15 is 0 Å². The van der Waals surface area contributed by atoms with E-state index in [0.717, 1.165) is 22.4 Å². The van der Waals surface area contributed by atoms with Gasteiger partial charge in [0.2, 0.25) is 5.91 Å². The van der Waals surface area contributed by atoms with Crippen molar-refractivity contribution >= 4 is 32.8 Å². The minimum absolute atomic E-state index is 0.0806. The van der Waals surface area contributed by atoms with Crippen molar-refractivity contribution in [2.75, 3.05) is 29.9 Å². The van der Waals surface area contributed by atoms with Gasteiger partial charge in [-0.25, -0.2) is 8.42 Å². The van der Waals surface area contributed by atoms with Crippen LogP contribution < -0.4 is 5.32 Å². The third-order valence-corrected chi connectivity index (χ3v) is 7.38. The quantitative estimate of drug-likeness (QED) is 0.673. The fourth-order valence-electron chi connectivity index (χ4n) is 3.56. The first-order valence-electron chi connectivity index (χ1n) is 9.45. The molecule has 0 bridgehead atoms. The van der Waals surface area contributed by atoms with Crippen LogP contribution in [-0.2, 0) is 14.6 Å². The second kappa shape index (κ2) is 8.49. The van der Waals surface area contributed by atoms with Crippen LogP contribution in [0.1, 0.15) is 11.6 Å². The number of anilines is 1. The molecule has 1 aromatic heterocycles. The van der Waals surface area contributed by atoms with E-state index in [1.54, 1.807) is 11.3 Å². The third-order valence-electron chi connectivity index (χ3n) is 5.09. The zero-order valence-electron chi connectivity index (χ0n) is 15.8. The van der Waals surface area contributed by atoms with Crippen LogP contribution in [0.15, 0.2) is 71.4 Å². The van der Waals surface area contributed by atoms with E-state index in [2.05, 4.69) is 10.7 Å². The number of thiophene rings is 1. The first-order chi connectivity index (χ1) is 14.0. The van der Waals surface area contributed by atoms with Crippen LogP contribution in [0, 0.1) is 0 Å². The molecule has 1 aliphatic heterocycles. The predicted molar refractivity (Wildman–Crippen MR) is 118 cm³/mol. The number of carbonyl (C=O) groups is 1. The largest absolute Gasteiger partial charge is 0.324 e. The van der Waals surface area contributed by atoms with E-state index in [-0.39, 0.29) is 17.4 Å². The monoisotopic (exact) mass is 426 g/mol. The van der Waals surface area contributed by atoms with Crippen molar-refractivity contribution in [2.45, 2.75) is 6.04 Å². The summed E-state index contributed by atoms with van der Waals surface area (Å²) < 4.78 is 23.7. The molecule has 3 aromatic rings. The molecule has 0 radical (unpaired) electrons. The van der Waals surface area contributed by atoms with Crippen LogP contribution in [0.2, 0.25) is 0 Å². The van der Waals surface area contributed by atoms with Gasteiger partial charge in [-0.05, 0) is 45.6 Å². The summed E-state index contributed by atoms with van der Waals surface area (Å²) in [6.07, 6.45) is 0. The minimum Gasteiger partial charge on any atom is -0.324 e. The number of sulfone groups is 1. The number of nitrogens with one attached hydrogen (secondary N) is 1. The molecule has 1 amide bonds. The molecule has 0 spiro atoms. The van der Waals surface area contributed by atoms with Crippen molar-refractivity contribution in [1.29, 1.82) is 0 Å². The van der Waals surface area contributed by atoms with Gasteiger partial charge in [-0.1, -0.05) is 42.5 Å². The average Bonchev–Trinajstić information content (AvgIpc) is 3.25. The van der Waals surface area contributed by atoms with Crippen molar-refractivity contribution in [1.82, 2.24) is 4.90 Å². The molecule has 1 unspecified atom stereocenters. The lowest BCUT2D eigenvalue weighted by Gasteiger charge is -2.33. The number of amides is 1. The summed E-state index contributed by atoms with van der Waals surface area (Å²) >= 11 is 1.63. The van der Waals surface area contributed by atoms with Crippen molar-refractivity contribution < 1.29 is 13.2 Å². The first kappa shape index (κ1) is 19.8. The Balaban J connectivity index is 1.58. The maximum absolute atomic E-state index is 13.3. The number of rotatable bonds is 5. The summed E-state index contributed by atoms with van der Waals surface area (Å²) in [5, 5.41) is 7.13. The molecule has 0 aliphatic carbocycles. The highest BCUT2D eigenvalue weighted by molar-refractivity contribution is 7.91. The van der Waals surface area contributed by atoms with Crippen LogP contribution in [0.5, 0.6) is 0 Å². The zero-order valence-corrected chi connectivity index (χ0v) is 17.5. The molecule has 1 fully saturated rings. The molecule has 1 atom stereocenters. The Bertz CT molecular complexity index is 1070. The van der Waals surface area contributed by atoms with Crippen LogP contribution >= 0.6 is 11.3 Å². The van der Waals surface area contributed by atoms with Gasteiger partial charge in [0.1, 0.15) is 6.04 Å². The zero-order chi connectivity index (χ0) is 20.3. The van der Waals surface area contributed by atoms with Gasteiger partial charge in [0.05, 0.1) is 11.5 Å². The molecule has 2 heterocycles. The maximum Gasteiger partial charge on any atom is 0.246 e. The minimum atomic E-state index is -3.02. The average molecular weight is 427 g/mol. The number of carbonyl (C=O) groups excluding carboxylic acids is 1. The van der Waals surface area contributed by atoms with Crippen molar-refractivity contribution in [3.05, 3.63) is 77.0 Å². The molecule has 2 aromatic carbocycles. The van der Waals surface area contributed by atoms with E-state index in [4.69, 9.17) is 0 Å². The van der Waals surface area contributed by atoms with Crippen LogP contribution in [0.3, 0.4) is 0 Å². The second-order valence-electron chi connectivity index (χ2n) is 7.08. The molecule has 5 nitrogen and oxygen atoms in total. The molecule has 1 N–H and O–H groups in total. The summed E-state index contributed by atoms with van der Waals surface area (Å²) in [5.74, 6) is 0.00656. The lowest BCUT2D eigenvalue weighted by Crippen LogP contribution is -2.46. The maximum atomic E-state index is 13.3. The Morgan fingerprint density at radius 1 is 0.966 bits per heavy atom. The van der Waals surface area contributed by atoms with Gasteiger partial charge >= 0.3 is 0 Å². The van der Waals surface area contributed by atoms with Gasteiger partial charge in [-0.2, -0.15) is 11.3 Å². The summed E-state index contributed by atoms with van der Waals surface area (Å²) in [4.78, 5) is 15.2. The van der Waals surface area contributed by atoms with Gasteiger partial charge in [0.25, 0.3) is 0 Å². The third kappa shape index (κ3) is 4.75. The van der Waals surface area contributed by atoms with E-state index in [0.29, 0.717) is 13.1 Å². The second-order valence-corrected chi connectivity index (χ2v) is 10.2. The molecule has 7 heteroatoms. The Labute approximate surface area is 174 Å². The number of hydrogen-bond acceptors (Lipinski definition) is 5. The van der Waals surface area contributed by atoms with Gasteiger partial charge < -0.3 is 5.32 Å². The van der Waals surface area contributed by atoms with Gasteiger partial charge in [0.15, 0.2) is 9.84 Å². The standard InChI is InChI=1S/C22H22N2O3S2/c25-22(23-20-8-4-7-18(15-20)19-9-12-28-16-19)21(17-5-2-1-3-6-17)24-10-13-29(26,27)14-11-24/h1-9,12,15-16,21H,10-11,13-14H2,(H,23,25). The highest BCUT2D eigenvalue weighted by Crippen LogP contribution is 2.27. The molecule has 150 valence electrons. The van der Waals surface area contributed by atoms with Gasteiger partial charge in [-0.3, -0.25) is 9.69 Å². The fraction of sp³-hybridized carbons (Fsp3) is 0.227. The van der Waals surface area contributed by atoms with Crippen molar-refractivity contribution in [2.24, 2.45) is 0 Å². The fourth-order valence-corrected chi connectivity index (χ4v) is 5.46. The lowest BCUT2D eigenvalue weighted by atomic mass is 10.0. The molecule has 1 aliphatic rings. The predicted octanol–water partition coefficient (Wildman–Crippen LogP) is 3.83. The molecular formula is C22H22N2O3S2. The Kier molecular flexibility index (Phi) is 5.80. The van der Waals surface area contributed by atoms with E-state index in [9.17, 15) is 13.2 Å². The molecular weight excluding hydrogens is 404 g/mol. The van der Waals surface area contributed by atoms with Crippen molar-refractivity contribution in [3.8, 4) is 11.1 Å². The summed E-state index contributed by atoms with van der Waals surface area (Å²) in [5.41, 5.74) is 3.75. The molecule has 1 saturated heterocycles. The molecule has 29 heavy (non-hydrogen) atoms.